The van der Waals surface area contributed by atoms with Gasteiger partial charge in [-0.3, -0.25) is 4.79 Å². The number of likely N-dealkylation sites (N-methyl/N-ethyl adjacent to an activating group) is 1. The van der Waals surface area contributed by atoms with Gasteiger partial charge in [0.2, 0.25) is 0 Å². The van der Waals surface area contributed by atoms with Crippen LogP contribution >= 0.6 is 15.9 Å². The van der Waals surface area contributed by atoms with Gasteiger partial charge < -0.3 is 25.0 Å². The third-order valence-corrected chi connectivity index (χ3v) is 4.00. The largest absolute Gasteiger partial charge is 0.493 e. The highest BCUT2D eigenvalue weighted by atomic mass is 79.9. The Morgan fingerprint density at radius 1 is 1.24 bits per heavy atom. The highest BCUT2D eigenvalue weighted by Crippen LogP contribution is 2.33. The molecule has 0 saturated carbocycles. The Kier molecular flexibility index (Phi) is 8.68. The third-order valence-electron chi connectivity index (χ3n) is 3.26. The predicted octanol–water partition coefficient (Wildman–Crippen LogP) is 2.40. The summed E-state index contributed by atoms with van der Waals surface area (Å²) in [5, 5.41) is 6.25. The Labute approximate surface area is 159 Å². The van der Waals surface area contributed by atoms with Crippen molar-refractivity contribution in [2.24, 2.45) is 0 Å². The topological polar surface area (TPSA) is 62.8 Å². The summed E-state index contributed by atoms with van der Waals surface area (Å²) in [6, 6.07) is 3.76. The van der Waals surface area contributed by atoms with Crippen LogP contribution in [0, 0.1) is 0 Å². The van der Waals surface area contributed by atoms with Crippen molar-refractivity contribution < 1.29 is 14.3 Å². The van der Waals surface area contributed by atoms with Gasteiger partial charge in [0.1, 0.15) is 0 Å². The van der Waals surface area contributed by atoms with Gasteiger partial charge in [-0.25, -0.2) is 0 Å². The van der Waals surface area contributed by atoms with Crippen LogP contribution in [0.25, 0.3) is 0 Å². The molecule has 0 bridgehead atoms. The molecule has 0 saturated heterocycles. The van der Waals surface area contributed by atoms with Gasteiger partial charge in [0.25, 0.3) is 5.91 Å². The van der Waals surface area contributed by atoms with E-state index in [4.69, 9.17) is 9.47 Å². The molecular formula is C18H30BrN3O3. The van der Waals surface area contributed by atoms with Crippen molar-refractivity contribution in [3.05, 3.63) is 22.2 Å². The molecule has 7 heteroatoms. The summed E-state index contributed by atoms with van der Waals surface area (Å²) in [6.07, 6.45) is 0. The molecule has 142 valence electrons. The van der Waals surface area contributed by atoms with Crippen molar-refractivity contribution in [3.8, 4) is 11.5 Å². The fraction of sp³-hybridized carbons (Fsp3) is 0.611. The minimum absolute atomic E-state index is 0.0551. The second kappa shape index (κ2) is 9.99. The number of rotatable bonds is 9. The Balaban J connectivity index is 2.69. The summed E-state index contributed by atoms with van der Waals surface area (Å²) < 4.78 is 12.0. The van der Waals surface area contributed by atoms with Gasteiger partial charge in [-0.15, -0.1) is 0 Å². The number of carbonyl (C=O) groups excluding carboxylic acids is 1. The van der Waals surface area contributed by atoms with E-state index in [9.17, 15) is 4.79 Å². The molecule has 0 radical (unpaired) electrons. The smallest absolute Gasteiger partial charge is 0.258 e. The van der Waals surface area contributed by atoms with E-state index in [1.165, 1.54) is 0 Å². The number of nitrogens with one attached hydrogen (secondary N) is 2. The molecule has 0 atom stereocenters. The second-order valence-corrected chi connectivity index (χ2v) is 8.02. The lowest BCUT2D eigenvalue weighted by atomic mass is 10.1. The van der Waals surface area contributed by atoms with Crippen LogP contribution in [0.15, 0.2) is 16.6 Å². The molecule has 0 aromatic heterocycles. The highest BCUT2D eigenvalue weighted by molar-refractivity contribution is 9.10. The van der Waals surface area contributed by atoms with Crippen molar-refractivity contribution in [2.45, 2.75) is 32.9 Å². The number of hydrogen-bond donors (Lipinski definition) is 2. The first-order valence-corrected chi connectivity index (χ1v) is 9.07. The van der Waals surface area contributed by atoms with Crippen LogP contribution in [-0.4, -0.2) is 57.2 Å². The van der Waals surface area contributed by atoms with E-state index >= 15 is 0 Å². The fourth-order valence-electron chi connectivity index (χ4n) is 2.11. The molecule has 0 aliphatic heterocycles. The summed E-state index contributed by atoms with van der Waals surface area (Å²) in [4.78, 5) is 14.0. The molecule has 1 aromatic rings. The number of methoxy groups -OCH3 is 1. The van der Waals surface area contributed by atoms with Crippen molar-refractivity contribution >= 4 is 21.8 Å². The minimum atomic E-state index is -0.285. The van der Waals surface area contributed by atoms with Crippen LogP contribution < -0.4 is 20.1 Å². The van der Waals surface area contributed by atoms with Crippen LogP contribution in [0.3, 0.4) is 0 Å². The molecule has 0 unspecified atom stereocenters. The van der Waals surface area contributed by atoms with Gasteiger partial charge in [0, 0.05) is 29.6 Å². The SMILES string of the molecule is COc1cc(CNCCN(C)C)c(Br)cc1OCC(=O)NC(C)(C)C. The lowest BCUT2D eigenvalue weighted by molar-refractivity contribution is -0.124. The van der Waals surface area contributed by atoms with Crippen LogP contribution in [0.1, 0.15) is 26.3 Å². The lowest BCUT2D eigenvalue weighted by Crippen LogP contribution is -2.43. The summed E-state index contributed by atoms with van der Waals surface area (Å²) in [5.74, 6) is 0.978. The number of amides is 1. The maximum absolute atomic E-state index is 11.9. The van der Waals surface area contributed by atoms with E-state index in [0.717, 1.165) is 29.7 Å². The molecular weight excluding hydrogens is 386 g/mol. The average Bonchev–Trinajstić information content (AvgIpc) is 2.48. The quantitative estimate of drug-likeness (QED) is 0.606. The number of halogens is 1. The first-order valence-electron chi connectivity index (χ1n) is 8.28. The maximum Gasteiger partial charge on any atom is 0.258 e. The number of nitrogens with zero attached hydrogens (tertiary/aromatic N) is 1. The van der Waals surface area contributed by atoms with Crippen LogP contribution in [0.5, 0.6) is 11.5 Å². The summed E-state index contributed by atoms with van der Waals surface area (Å²) in [6.45, 7) is 8.32. The van der Waals surface area contributed by atoms with Gasteiger partial charge in [-0.05, 0) is 52.6 Å². The number of ether oxygens (including phenoxy) is 2. The first-order chi connectivity index (χ1) is 11.6. The predicted molar refractivity (Wildman–Crippen MR) is 104 cm³/mol. The van der Waals surface area contributed by atoms with Crippen molar-refractivity contribution in [1.29, 1.82) is 0 Å². The van der Waals surface area contributed by atoms with Gasteiger partial charge in [0.05, 0.1) is 7.11 Å². The monoisotopic (exact) mass is 415 g/mol. The molecule has 0 spiro atoms. The molecule has 1 amide bonds. The Bertz CT molecular complexity index is 571. The molecule has 6 nitrogen and oxygen atoms in total. The average molecular weight is 416 g/mol. The minimum Gasteiger partial charge on any atom is -0.493 e. The Morgan fingerprint density at radius 2 is 1.92 bits per heavy atom. The van der Waals surface area contributed by atoms with Crippen LogP contribution in [0.4, 0.5) is 0 Å². The molecule has 25 heavy (non-hydrogen) atoms. The summed E-state index contributed by atoms with van der Waals surface area (Å²) >= 11 is 3.56. The van der Waals surface area contributed by atoms with E-state index in [1.54, 1.807) is 7.11 Å². The van der Waals surface area contributed by atoms with E-state index in [2.05, 4.69) is 31.5 Å². The van der Waals surface area contributed by atoms with Gasteiger partial charge in [-0.1, -0.05) is 15.9 Å². The summed E-state index contributed by atoms with van der Waals surface area (Å²) in [5.41, 5.74) is 0.787. The normalized spacial score (nSPS) is 11.5. The van der Waals surface area contributed by atoms with Gasteiger partial charge >= 0.3 is 0 Å². The van der Waals surface area contributed by atoms with Crippen molar-refractivity contribution in [1.82, 2.24) is 15.5 Å². The number of benzene rings is 1. The van der Waals surface area contributed by atoms with Gasteiger partial charge in [-0.2, -0.15) is 0 Å². The molecule has 0 aliphatic carbocycles. The van der Waals surface area contributed by atoms with Crippen molar-refractivity contribution in [2.75, 3.05) is 40.9 Å². The zero-order valence-corrected chi connectivity index (χ0v) is 17.6. The third kappa shape index (κ3) is 8.56. The Hall–Kier alpha value is -1.31. The Morgan fingerprint density at radius 3 is 2.48 bits per heavy atom. The molecule has 0 heterocycles. The summed E-state index contributed by atoms with van der Waals surface area (Å²) in [7, 11) is 5.68. The molecule has 1 rings (SSSR count). The first kappa shape index (κ1) is 21.7. The lowest BCUT2D eigenvalue weighted by Gasteiger charge is -2.21. The van der Waals surface area contributed by atoms with Crippen molar-refractivity contribution in [3.63, 3.8) is 0 Å². The highest BCUT2D eigenvalue weighted by Gasteiger charge is 2.16. The number of hydrogen-bond acceptors (Lipinski definition) is 5. The standard InChI is InChI=1S/C18H30BrN3O3/c1-18(2,3)21-17(23)12-25-16-10-14(19)13(9-15(16)24-6)11-20-7-8-22(4)5/h9-10,20H,7-8,11-12H2,1-6H3,(H,21,23). The fourth-order valence-corrected chi connectivity index (χ4v) is 2.57. The number of carbonyl (C=O) groups is 1. The second-order valence-electron chi connectivity index (χ2n) is 7.16. The maximum atomic E-state index is 11.9. The van der Waals surface area contributed by atoms with Crippen LogP contribution in [0.2, 0.25) is 0 Å². The molecule has 0 fully saturated rings. The zero-order chi connectivity index (χ0) is 19.0. The molecule has 1 aromatic carbocycles. The van der Waals surface area contributed by atoms with E-state index in [1.807, 2.05) is 47.0 Å². The van der Waals surface area contributed by atoms with E-state index in [-0.39, 0.29) is 18.1 Å². The molecule has 2 N–H and O–H groups in total. The molecule has 0 aliphatic rings. The van der Waals surface area contributed by atoms with Gasteiger partial charge in [0.15, 0.2) is 18.1 Å². The van der Waals surface area contributed by atoms with Crippen LogP contribution in [-0.2, 0) is 11.3 Å². The van der Waals surface area contributed by atoms with E-state index < -0.39 is 0 Å². The zero-order valence-electron chi connectivity index (χ0n) is 16.0. The van der Waals surface area contributed by atoms with E-state index in [0.29, 0.717) is 11.5 Å².